The minimum Gasteiger partial charge on any atom is -0.216 e. The Morgan fingerprint density at radius 3 is 3.07 bits per heavy atom. The van der Waals surface area contributed by atoms with Crippen LogP contribution in [0, 0.1) is 0 Å². The largest absolute Gasteiger partial charge is 0.242 e. The number of rotatable bonds is 2. The fraction of sp³-hybridized carbons (Fsp3) is 0. The Morgan fingerprint density at radius 2 is 2.33 bits per heavy atom. The third-order valence-electron chi connectivity index (χ3n) is 1.72. The molecule has 0 aliphatic carbocycles. The number of aromatic nitrogens is 1. The average Bonchev–Trinajstić information content (AvgIpc) is 2.67. The first-order valence-corrected chi connectivity index (χ1v) is 5.35. The minimum atomic E-state index is 0.380. The SMILES string of the molecule is O=C=Nc1csc(-c2cccc(Cl)c2)n1. The van der Waals surface area contributed by atoms with Crippen LogP contribution in [-0.4, -0.2) is 11.1 Å². The van der Waals surface area contributed by atoms with Crippen LogP contribution in [0.15, 0.2) is 34.6 Å². The maximum atomic E-state index is 10.0. The van der Waals surface area contributed by atoms with Crippen molar-refractivity contribution in [2.24, 2.45) is 4.99 Å². The smallest absolute Gasteiger partial charge is 0.216 e. The van der Waals surface area contributed by atoms with E-state index >= 15 is 0 Å². The van der Waals surface area contributed by atoms with E-state index in [9.17, 15) is 4.79 Å². The number of nitrogens with zero attached hydrogens (tertiary/aromatic N) is 2. The van der Waals surface area contributed by atoms with Crippen molar-refractivity contribution in [2.75, 3.05) is 0 Å². The Labute approximate surface area is 95.1 Å². The van der Waals surface area contributed by atoms with Gasteiger partial charge in [-0.25, -0.2) is 9.78 Å². The molecule has 0 saturated carbocycles. The lowest BCUT2D eigenvalue weighted by Crippen LogP contribution is -1.74. The topological polar surface area (TPSA) is 42.3 Å². The van der Waals surface area contributed by atoms with Crippen LogP contribution in [0.2, 0.25) is 5.02 Å². The lowest BCUT2D eigenvalue weighted by Gasteiger charge is -1.95. The second-order valence-electron chi connectivity index (χ2n) is 2.72. The van der Waals surface area contributed by atoms with Crippen molar-refractivity contribution in [1.82, 2.24) is 4.98 Å². The highest BCUT2D eigenvalue weighted by molar-refractivity contribution is 7.13. The second-order valence-corrected chi connectivity index (χ2v) is 4.02. The zero-order valence-corrected chi connectivity index (χ0v) is 9.05. The molecule has 0 spiro atoms. The first kappa shape index (κ1) is 10.1. The van der Waals surface area contributed by atoms with Crippen LogP contribution in [0.4, 0.5) is 5.82 Å². The van der Waals surface area contributed by atoms with Gasteiger partial charge in [-0.2, -0.15) is 0 Å². The Bertz CT molecular complexity index is 532. The maximum absolute atomic E-state index is 10.0. The molecule has 0 aliphatic heterocycles. The predicted molar refractivity (Wildman–Crippen MR) is 60.3 cm³/mol. The van der Waals surface area contributed by atoms with E-state index in [4.69, 9.17) is 11.6 Å². The molecule has 3 nitrogen and oxygen atoms in total. The van der Waals surface area contributed by atoms with Gasteiger partial charge in [0.2, 0.25) is 6.08 Å². The van der Waals surface area contributed by atoms with E-state index in [1.165, 1.54) is 17.4 Å². The zero-order chi connectivity index (χ0) is 10.7. The molecule has 0 fully saturated rings. The molecule has 0 bridgehead atoms. The molecule has 1 aromatic heterocycles. The molecule has 1 aromatic carbocycles. The number of isocyanates is 1. The molecule has 5 heteroatoms. The molecule has 0 saturated heterocycles. The molecule has 74 valence electrons. The predicted octanol–water partition coefficient (Wildman–Crippen LogP) is 3.43. The van der Waals surface area contributed by atoms with Gasteiger partial charge in [0, 0.05) is 16.0 Å². The molecule has 0 unspecified atom stereocenters. The standard InChI is InChI=1S/C10H5ClN2OS/c11-8-3-1-2-7(4-8)10-13-9(5-15-10)12-6-14/h1-5H. The van der Waals surface area contributed by atoms with E-state index in [1.54, 1.807) is 11.4 Å². The molecule has 0 amide bonds. The van der Waals surface area contributed by atoms with E-state index < -0.39 is 0 Å². The summed E-state index contributed by atoms with van der Waals surface area (Å²) in [5.41, 5.74) is 0.917. The van der Waals surface area contributed by atoms with Gasteiger partial charge >= 0.3 is 0 Å². The van der Waals surface area contributed by atoms with Gasteiger partial charge in [-0.05, 0) is 12.1 Å². The molecule has 2 rings (SSSR count). The normalized spacial score (nSPS) is 9.67. The maximum Gasteiger partial charge on any atom is 0.242 e. The lowest BCUT2D eigenvalue weighted by atomic mass is 10.2. The van der Waals surface area contributed by atoms with Gasteiger partial charge < -0.3 is 0 Å². The molecule has 15 heavy (non-hydrogen) atoms. The third kappa shape index (κ3) is 2.30. The van der Waals surface area contributed by atoms with Crippen molar-refractivity contribution in [3.05, 3.63) is 34.7 Å². The van der Waals surface area contributed by atoms with E-state index in [0.29, 0.717) is 10.8 Å². The molecule has 0 N–H and O–H groups in total. The van der Waals surface area contributed by atoms with E-state index in [1.807, 2.05) is 18.2 Å². The summed E-state index contributed by atoms with van der Waals surface area (Å²) in [6, 6.07) is 7.36. The van der Waals surface area contributed by atoms with Gasteiger partial charge in [-0.1, -0.05) is 23.7 Å². The van der Waals surface area contributed by atoms with Gasteiger partial charge in [-0.15, -0.1) is 16.3 Å². The summed E-state index contributed by atoms with van der Waals surface area (Å²) < 4.78 is 0. The summed E-state index contributed by atoms with van der Waals surface area (Å²) in [7, 11) is 0. The molecular weight excluding hydrogens is 232 g/mol. The van der Waals surface area contributed by atoms with Gasteiger partial charge in [0.05, 0.1) is 0 Å². The quantitative estimate of drug-likeness (QED) is 0.592. The molecule has 2 aromatic rings. The summed E-state index contributed by atoms with van der Waals surface area (Å²) in [5.74, 6) is 0.380. The number of benzene rings is 1. The Morgan fingerprint density at radius 1 is 1.47 bits per heavy atom. The first-order valence-electron chi connectivity index (χ1n) is 4.09. The van der Waals surface area contributed by atoms with Crippen molar-refractivity contribution in [3.63, 3.8) is 0 Å². The number of hydrogen-bond donors (Lipinski definition) is 0. The number of thiazole rings is 1. The molecule has 0 radical (unpaired) electrons. The number of carbonyl (C=O) groups excluding carboxylic acids is 1. The summed E-state index contributed by atoms with van der Waals surface area (Å²) in [5, 5.41) is 3.14. The van der Waals surface area contributed by atoms with Gasteiger partial charge in [0.1, 0.15) is 5.01 Å². The summed E-state index contributed by atoms with van der Waals surface area (Å²) in [4.78, 5) is 17.6. The fourth-order valence-electron chi connectivity index (χ4n) is 1.12. The van der Waals surface area contributed by atoms with Crippen LogP contribution in [0.25, 0.3) is 10.6 Å². The van der Waals surface area contributed by atoms with Crippen LogP contribution in [0.1, 0.15) is 0 Å². The highest BCUT2D eigenvalue weighted by Crippen LogP contribution is 2.28. The summed E-state index contributed by atoms with van der Waals surface area (Å²) >= 11 is 7.26. The van der Waals surface area contributed by atoms with Gasteiger partial charge in [-0.3, -0.25) is 0 Å². The molecule has 1 heterocycles. The van der Waals surface area contributed by atoms with Crippen LogP contribution in [0.5, 0.6) is 0 Å². The number of aliphatic imine (C=N–C) groups is 1. The van der Waals surface area contributed by atoms with E-state index in [-0.39, 0.29) is 0 Å². The Balaban J connectivity index is 2.41. The summed E-state index contributed by atoms with van der Waals surface area (Å²) in [6.07, 6.45) is 1.45. The van der Waals surface area contributed by atoms with Crippen molar-refractivity contribution >= 4 is 34.8 Å². The van der Waals surface area contributed by atoms with Crippen molar-refractivity contribution in [1.29, 1.82) is 0 Å². The Kier molecular flexibility index (Phi) is 2.92. The lowest BCUT2D eigenvalue weighted by molar-refractivity contribution is 0.565. The molecule has 0 atom stereocenters. The average molecular weight is 237 g/mol. The molecule has 0 aliphatic rings. The highest BCUT2D eigenvalue weighted by Gasteiger charge is 2.03. The van der Waals surface area contributed by atoms with Gasteiger partial charge in [0.25, 0.3) is 0 Å². The van der Waals surface area contributed by atoms with Crippen LogP contribution in [0.3, 0.4) is 0 Å². The van der Waals surface area contributed by atoms with E-state index in [0.717, 1.165) is 10.6 Å². The van der Waals surface area contributed by atoms with Crippen molar-refractivity contribution in [3.8, 4) is 10.6 Å². The fourth-order valence-corrected chi connectivity index (χ4v) is 2.04. The van der Waals surface area contributed by atoms with Crippen molar-refractivity contribution < 1.29 is 4.79 Å². The first-order chi connectivity index (χ1) is 7.29. The second kappa shape index (κ2) is 4.36. The molecular formula is C10H5ClN2OS. The number of hydrogen-bond acceptors (Lipinski definition) is 4. The van der Waals surface area contributed by atoms with Crippen molar-refractivity contribution in [2.45, 2.75) is 0 Å². The summed E-state index contributed by atoms with van der Waals surface area (Å²) in [6.45, 7) is 0. The van der Waals surface area contributed by atoms with Crippen LogP contribution in [-0.2, 0) is 4.79 Å². The highest BCUT2D eigenvalue weighted by atomic mass is 35.5. The minimum absolute atomic E-state index is 0.380. The van der Waals surface area contributed by atoms with Crippen LogP contribution >= 0.6 is 22.9 Å². The monoisotopic (exact) mass is 236 g/mol. The van der Waals surface area contributed by atoms with Gasteiger partial charge in [0.15, 0.2) is 5.82 Å². The Hall–Kier alpha value is -1.48. The third-order valence-corrected chi connectivity index (χ3v) is 2.84. The zero-order valence-electron chi connectivity index (χ0n) is 7.48. The van der Waals surface area contributed by atoms with Crippen LogP contribution < -0.4 is 0 Å². The number of halogens is 1. The van der Waals surface area contributed by atoms with E-state index in [2.05, 4.69) is 9.98 Å².